The van der Waals surface area contributed by atoms with Crippen molar-refractivity contribution in [2.45, 2.75) is 31.4 Å². The smallest absolute Gasteiger partial charge is 0.267 e. The number of hydroxylamine groups is 1. The van der Waals surface area contributed by atoms with E-state index in [1.54, 1.807) is 11.6 Å². The largest absolute Gasteiger partial charge is 0.485 e. The molecule has 1 fully saturated rings. The number of fused-ring (bicyclic) bond motifs is 1. The zero-order chi connectivity index (χ0) is 22.6. The molecule has 2 N–H and O–H groups in total. The van der Waals surface area contributed by atoms with Gasteiger partial charge in [0.25, 0.3) is 5.91 Å². The quantitative estimate of drug-likeness (QED) is 0.423. The lowest BCUT2D eigenvalue weighted by Crippen LogP contribution is -2.54. The summed E-state index contributed by atoms with van der Waals surface area (Å²) in [6.45, 7) is 2.40. The Labute approximate surface area is 186 Å². The van der Waals surface area contributed by atoms with E-state index in [9.17, 15) is 9.18 Å². The second kappa shape index (κ2) is 9.50. The Morgan fingerprint density at radius 3 is 2.91 bits per heavy atom. The lowest BCUT2D eigenvalue weighted by Gasteiger charge is -2.45. The third kappa shape index (κ3) is 4.98. The summed E-state index contributed by atoms with van der Waals surface area (Å²) in [5, 5.41) is 12.9. The number of amides is 1. The fraction of sp³-hybridized carbons (Fsp3) is 0.333. The Morgan fingerprint density at radius 1 is 1.34 bits per heavy atom. The second-order valence-corrected chi connectivity index (χ2v) is 8.19. The summed E-state index contributed by atoms with van der Waals surface area (Å²) in [5.41, 5.74) is 4.60. The van der Waals surface area contributed by atoms with Gasteiger partial charge in [0.15, 0.2) is 0 Å². The Balaban J connectivity index is 1.56. The van der Waals surface area contributed by atoms with Crippen molar-refractivity contribution >= 4 is 17.7 Å². The van der Waals surface area contributed by atoms with Gasteiger partial charge in [0.1, 0.15) is 24.3 Å². The predicted molar refractivity (Wildman–Crippen MR) is 118 cm³/mol. The van der Waals surface area contributed by atoms with Crippen molar-refractivity contribution in [3.8, 4) is 5.75 Å². The summed E-state index contributed by atoms with van der Waals surface area (Å²) in [7, 11) is 1.52. The molecular weight excluding hydrogens is 413 g/mol. The summed E-state index contributed by atoms with van der Waals surface area (Å²) in [6.07, 6.45) is 5.32. The normalized spacial score (nSPS) is 22.0. The number of ether oxygens (including phenoxy) is 1. The number of likely N-dealkylation sites (tertiary alicyclic amines) is 1. The Morgan fingerprint density at radius 2 is 2.16 bits per heavy atom. The number of piperidine rings is 1. The summed E-state index contributed by atoms with van der Waals surface area (Å²) in [5.74, 6) is -0.116. The van der Waals surface area contributed by atoms with E-state index >= 15 is 0 Å². The lowest BCUT2D eigenvalue weighted by atomic mass is 9.82. The van der Waals surface area contributed by atoms with Crippen LogP contribution >= 0.6 is 0 Å². The molecule has 0 aromatic heterocycles. The molecule has 7 nitrogen and oxygen atoms in total. The maximum Gasteiger partial charge on any atom is 0.267 e. The van der Waals surface area contributed by atoms with Gasteiger partial charge in [-0.25, -0.2) is 9.87 Å². The van der Waals surface area contributed by atoms with Gasteiger partial charge >= 0.3 is 0 Å². The molecule has 0 bridgehead atoms. The Hall–Kier alpha value is -3.23. The number of rotatable bonds is 5. The van der Waals surface area contributed by atoms with E-state index in [0.717, 1.165) is 60.6 Å². The molecule has 2 aromatic rings. The highest BCUT2D eigenvalue weighted by Gasteiger charge is 2.43. The van der Waals surface area contributed by atoms with Crippen LogP contribution in [0.4, 0.5) is 4.39 Å². The third-order valence-corrected chi connectivity index (χ3v) is 5.81. The van der Waals surface area contributed by atoms with Crippen molar-refractivity contribution in [1.82, 2.24) is 10.4 Å². The van der Waals surface area contributed by atoms with Crippen molar-refractivity contribution in [3.05, 3.63) is 71.0 Å². The van der Waals surface area contributed by atoms with Crippen molar-refractivity contribution in [1.29, 1.82) is 0 Å². The number of hydrogen-bond acceptors (Lipinski definition) is 6. The van der Waals surface area contributed by atoms with E-state index in [-0.39, 0.29) is 5.82 Å². The number of hydrogen-bond donors (Lipinski definition) is 2. The van der Waals surface area contributed by atoms with Crippen LogP contribution in [0.2, 0.25) is 0 Å². The van der Waals surface area contributed by atoms with Gasteiger partial charge in [0.05, 0.1) is 5.71 Å². The van der Waals surface area contributed by atoms with Gasteiger partial charge < -0.3 is 9.57 Å². The molecule has 32 heavy (non-hydrogen) atoms. The highest BCUT2D eigenvalue weighted by molar-refractivity contribution is 6.04. The molecule has 0 radical (unpaired) electrons. The van der Waals surface area contributed by atoms with Crippen LogP contribution in [0.25, 0.3) is 6.08 Å². The zero-order valence-corrected chi connectivity index (χ0v) is 17.9. The summed E-state index contributed by atoms with van der Waals surface area (Å²) < 4.78 is 19.8. The SMILES string of the molecule is CO/N=C1/C[C@]2(CCCN(Cc3ccc(F)cc3)C2)Oc2ccc(/C=C/C(=O)NO)cc21. The average molecular weight is 439 g/mol. The number of carbonyl (C=O) groups excluding carboxylic acids is 1. The molecular formula is C24H26FN3O4. The molecule has 4 rings (SSSR count). The van der Waals surface area contributed by atoms with E-state index < -0.39 is 11.5 Å². The van der Waals surface area contributed by atoms with Gasteiger partial charge in [0, 0.05) is 31.1 Å². The summed E-state index contributed by atoms with van der Waals surface area (Å²) in [6, 6.07) is 12.2. The molecule has 0 saturated carbocycles. The van der Waals surface area contributed by atoms with Crippen molar-refractivity contribution in [2.75, 3.05) is 20.2 Å². The van der Waals surface area contributed by atoms with Gasteiger partial charge in [-0.05, 0) is 60.9 Å². The first-order chi connectivity index (χ1) is 15.5. The topological polar surface area (TPSA) is 83.4 Å². The van der Waals surface area contributed by atoms with Crippen LogP contribution in [0.5, 0.6) is 5.75 Å². The Kier molecular flexibility index (Phi) is 6.53. The monoisotopic (exact) mass is 439 g/mol. The highest BCUT2D eigenvalue weighted by atomic mass is 19.1. The fourth-order valence-electron chi connectivity index (χ4n) is 4.44. The first-order valence-corrected chi connectivity index (χ1v) is 10.5. The molecule has 0 aliphatic carbocycles. The van der Waals surface area contributed by atoms with Gasteiger partial charge in [-0.15, -0.1) is 0 Å². The van der Waals surface area contributed by atoms with Crippen LogP contribution in [-0.4, -0.2) is 47.5 Å². The molecule has 168 valence electrons. The molecule has 2 aliphatic rings. The van der Waals surface area contributed by atoms with Crippen LogP contribution < -0.4 is 10.2 Å². The molecule has 8 heteroatoms. The van der Waals surface area contributed by atoms with Crippen molar-refractivity contribution in [3.63, 3.8) is 0 Å². The van der Waals surface area contributed by atoms with Crippen LogP contribution in [-0.2, 0) is 16.2 Å². The van der Waals surface area contributed by atoms with Gasteiger partial charge in [-0.2, -0.15) is 0 Å². The third-order valence-electron chi connectivity index (χ3n) is 5.81. The molecule has 1 saturated heterocycles. The number of carbonyl (C=O) groups is 1. The molecule has 1 spiro atoms. The van der Waals surface area contributed by atoms with Gasteiger partial charge in [-0.3, -0.25) is 14.9 Å². The highest BCUT2D eigenvalue weighted by Crippen LogP contribution is 2.39. The van der Waals surface area contributed by atoms with Gasteiger partial charge in [0.2, 0.25) is 0 Å². The van der Waals surface area contributed by atoms with Crippen LogP contribution in [0.1, 0.15) is 36.0 Å². The molecule has 0 unspecified atom stereocenters. The minimum Gasteiger partial charge on any atom is -0.485 e. The van der Waals surface area contributed by atoms with E-state index in [0.29, 0.717) is 6.42 Å². The van der Waals surface area contributed by atoms with Crippen molar-refractivity contribution in [2.24, 2.45) is 5.16 Å². The zero-order valence-electron chi connectivity index (χ0n) is 17.9. The van der Waals surface area contributed by atoms with Gasteiger partial charge in [-0.1, -0.05) is 23.4 Å². The Bertz CT molecular complexity index is 1040. The molecule has 2 heterocycles. The van der Waals surface area contributed by atoms with Crippen LogP contribution in [0, 0.1) is 5.82 Å². The van der Waals surface area contributed by atoms with Crippen molar-refractivity contribution < 1.29 is 24.0 Å². The number of nitrogens with zero attached hydrogens (tertiary/aromatic N) is 2. The standard InChI is InChI=1S/C24H26FN3O4/c1-31-27-21-14-24(11-2-12-28(16-24)15-18-3-7-19(25)8-4-18)32-22-9-5-17(13-20(21)22)6-10-23(29)26-30/h3-10,13,30H,2,11-12,14-16H2,1H3,(H,26,29)/b10-6+,27-21-/t24-/m0/s1. The number of nitrogens with one attached hydrogen (secondary N) is 1. The summed E-state index contributed by atoms with van der Waals surface area (Å²) in [4.78, 5) is 18.7. The number of oxime groups is 1. The lowest BCUT2D eigenvalue weighted by molar-refractivity contribution is -0.124. The van der Waals surface area contributed by atoms with E-state index in [2.05, 4.69) is 10.1 Å². The molecule has 2 aromatic carbocycles. The van der Waals surface area contributed by atoms with Crippen LogP contribution in [0.15, 0.2) is 53.7 Å². The maximum atomic E-state index is 13.2. The van der Waals surface area contributed by atoms with E-state index in [4.69, 9.17) is 14.8 Å². The first kappa shape index (κ1) is 22.0. The van der Waals surface area contributed by atoms with E-state index in [1.165, 1.54) is 25.3 Å². The van der Waals surface area contributed by atoms with E-state index in [1.807, 2.05) is 30.3 Å². The number of benzene rings is 2. The minimum absolute atomic E-state index is 0.234. The fourth-order valence-corrected chi connectivity index (χ4v) is 4.44. The van der Waals surface area contributed by atoms with Crippen LogP contribution in [0.3, 0.4) is 0 Å². The maximum absolute atomic E-state index is 13.2. The number of halogens is 1. The average Bonchev–Trinajstić information content (AvgIpc) is 2.79. The molecule has 1 atom stereocenters. The predicted octanol–water partition coefficient (Wildman–Crippen LogP) is 3.51. The molecule has 1 amide bonds. The second-order valence-electron chi connectivity index (χ2n) is 8.19. The minimum atomic E-state index is -0.604. The molecule has 2 aliphatic heterocycles. The first-order valence-electron chi connectivity index (χ1n) is 10.5. The summed E-state index contributed by atoms with van der Waals surface area (Å²) >= 11 is 0.